The summed E-state index contributed by atoms with van der Waals surface area (Å²) in [5.41, 5.74) is 1.74. The van der Waals surface area contributed by atoms with Crippen molar-refractivity contribution in [1.82, 2.24) is 9.55 Å². The second kappa shape index (κ2) is 5.52. The Kier molecular flexibility index (Phi) is 3.80. The molecule has 2 aromatic rings. The highest BCUT2D eigenvalue weighted by atomic mass is 16.4. The van der Waals surface area contributed by atoms with E-state index in [1.165, 1.54) is 0 Å². The fraction of sp³-hybridized carbons (Fsp3) is 0.200. The van der Waals surface area contributed by atoms with Gasteiger partial charge in [0.15, 0.2) is 0 Å². The van der Waals surface area contributed by atoms with E-state index in [0.717, 1.165) is 5.69 Å². The number of benzene rings is 1. The van der Waals surface area contributed by atoms with Crippen LogP contribution < -0.4 is 0 Å². The highest BCUT2D eigenvalue weighted by molar-refractivity contribution is 6.20. The molecule has 0 fully saturated rings. The van der Waals surface area contributed by atoms with Crippen LogP contribution in [0.1, 0.15) is 31.1 Å². The molecule has 0 aliphatic heterocycles. The van der Waals surface area contributed by atoms with E-state index in [1.54, 1.807) is 30.7 Å². The Balaban J connectivity index is 2.48. The highest BCUT2D eigenvalue weighted by Gasteiger charge is 2.12. The van der Waals surface area contributed by atoms with Gasteiger partial charge < -0.3 is 9.67 Å². The monoisotopic (exact) mass is 256 g/mol. The van der Waals surface area contributed by atoms with E-state index in [9.17, 15) is 9.90 Å². The quantitative estimate of drug-likeness (QED) is 0.855. The molecule has 98 valence electrons. The van der Waals surface area contributed by atoms with Crippen LogP contribution in [0.3, 0.4) is 0 Å². The number of aliphatic carboxylic acids is 1. The van der Waals surface area contributed by atoms with Gasteiger partial charge in [0.05, 0.1) is 23.8 Å². The van der Waals surface area contributed by atoms with Gasteiger partial charge >= 0.3 is 5.97 Å². The fourth-order valence-electron chi connectivity index (χ4n) is 1.89. The largest absolute Gasteiger partial charge is 0.478 e. The Bertz CT molecular complexity index is 598. The normalized spacial score (nSPS) is 11.8. The first kappa shape index (κ1) is 13.1. The van der Waals surface area contributed by atoms with Gasteiger partial charge in [0.2, 0.25) is 0 Å². The third-order valence-corrected chi connectivity index (χ3v) is 2.86. The lowest BCUT2D eigenvalue weighted by Crippen LogP contribution is -2.04. The summed E-state index contributed by atoms with van der Waals surface area (Å²) in [6.45, 7) is 4.06. The van der Waals surface area contributed by atoms with E-state index < -0.39 is 5.97 Å². The summed E-state index contributed by atoms with van der Waals surface area (Å²) < 4.78 is 1.94. The summed E-state index contributed by atoms with van der Waals surface area (Å²) in [7, 11) is 0. The molecule has 0 saturated heterocycles. The van der Waals surface area contributed by atoms with Crippen LogP contribution in [0, 0.1) is 0 Å². The standard InChI is InChI=1S/C15H16N2O2/c1-11(2)17-10-16-9-13(17)8-14(15(18)19)12-6-4-3-5-7-12/h3-11H,1-2H3,(H,18,19). The zero-order valence-corrected chi connectivity index (χ0v) is 10.9. The van der Waals surface area contributed by atoms with Crippen molar-refractivity contribution in [2.75, 3.05) is 0 Å². The second-order valence-corrected chi connectivity index (χ2v) is 4.55. The zero-order chi connectivity index (χ0) is 13.8. The van der Waals surface area contributed by atoms with Crippen molar-refractivity contribution in [1.29, 1.82) is 0 Å². The summed E-state index contributed by atoms with van der Waals surface area (Å²) in [6, 6.07) is 9.32. The minimum absolute atomic E-state index is 0.236. The third kappa shape index (κ3) is 2.91. The summed E-state index contributed by atoms with van der Waals surface area (Å²) in [6.07, 6.45) is 5.04. The number of carbonyl (C=O) groups is 1. The molecule has 0 unspecified atom stereocenters. The van der Waals surface area contributed by atoms with Gasteiger partial charge in [0.25, 0.3) is 0 Å². The van der Waals surface area contributed by atoms with Gasteiger partial charge in [-0.15, -0.1) is 0 Å². The maximum absolute atomic E-state index is 11.4. The lowest BCUT2D eigenvalue weighted by molar-refractivity contribution is -0.130. The Morgan fingerprint density at radius 3 is 2.58 bits per heavy atom. The fourth-order valence-corrected chi connectivity index (χ4v) is 1.89. The molecule has 0 bridgehead atoms. The van der Waals surface area contributed by atoms with Gasteiger partial charge in [0, 0.05) is 6.04 Å². The van der Waals surface area contributed by atoms with Crippen LogP contribution in [0.5, 0.6) is 0 Å². The predicted octanol–water partition coefficient (Wildman–Crippen LogP) is 3.09. The van der Waals surface area contributed by atoms with Crippen LogP contribution in [-0.2, 0) is 4.79 Å². The van der Waals surface area contributed by atoms with Crippen molar-refractivity contribution >= 4 is 17.6 Å². The molecule has 0 atom stereocenters. The van der Waals surface area contributed by atoms with E-state index in [2.05, 4.69) is 4.98 Å². The second-order valence-electron chi connectivity index (χ2n) is 4.55. The molecule has 4 heteroatoms. The molecule has 0 spiro atoms. The van der Waals surface area contributed by atoms with E-state index in [0.29, 0.717) is 5.56 Å². The van der Waals surface area contributed by atoms with Crippen LogP contribution in [0.25, 0.3) is 11.6 Å². The van der Waals surface area contributed by atoms with Crippen molar-refractivity contribution in [2.45, 2.75) is 19.9 Å². The molecule has 19 heavy (non-hydrogen) atoms. The van der Waals surface area contributed by atoms with Gasteiger partial charge in [-0.25, -0.2) is 9.78 Å². The van der Waals surface area contributed by atoms with Crippen LogP contribution in [0.4, 0.5) is 0 Å². The van der Waals surface area contributed by atoms with Crippen molar-refractivity contribution in [3.05, 3.63) is 54.1 Å². The van der Waals surface area contributed by atoms with Crippen LogP contribution in [0.15, 0.2) is 42.9 Å². The molecule has 1 N–H and O–H groups in total. The number of rotatable bonds is 4. The molecule has 0 radical (unpaired) electrons. The maximum atomic E-state index is 11.4. The van der Waals surface area contributed by atoms with Crippen molar-refractivity contribution in [3.8, 4) is 0 Å². The van der Waals surface area contributed by atoms with Crippen molar-refractivity contribution < 1.29 is 9.90 Å². The Morgan fingerprint density at radius 2 is 2.00 bits per heavy atom. The molecule has 1 heterocycles. The molecular weight excluding hydrogens is 240 g/mol. The highest BCUT2D eigenvalue weighted by Crippen LogP contribution is 2.20. The summed E-state index contributed by atoms with van der Waals surface area (Å²) >= 11 is 0. The van der Waals surface area contributed by atoms with Gasteiger partial charge in [-0.2, -0.15) is 0 Å². The third-order valence-electron chi connectivity index (χ3n) is 2.86. The van der Waals surface area contributed by atoms with E-state index in [4.69, 9.17) is 0 Å². The minimum Gasteiger partial charge on any atom is -0.478 e. The topological polar surface area (TPSA) is 55.1 Å². The number of nitrogens with zero attached hydrogens (tertiary/aromatic N) is 2. The molecule has 4 nitrogen and oxygen atoms in total. The Morgan fingerprint density at radius 1 is 1.32 bits per heavy atom. The Hall–Kier alpha value is -2.36. The number of hydrogen-bond donors (Lipinski definition) is 1. The molecular formula is C15H16N2O2. The molecule has 1 aromatic heterocycles. The Labute approximate surface area is 112 Å². The summed E-state index contributed by atoms with van der Waals surface area (Å²) in [5.74, 6) is -0.942. The molecule has 0 aliphatic rings. The number of aromatic nitrogens is 2. The molecule has 0 aliphatic carbocycles. The number of carboxylic acid groups (broad SMARTS) is 1. The number of hydrogen-bond acceptors (Lipinski definition) is 2. The first-order chi connectivity index (χ1) is 9.09. The maximum Gasteiger partial charge on any atom is 0.336 e. The van der Waals surface area contributed by atoms with Crippen LogP contribution in [-0.4, -0.2) is 20.6 Å². The first-order valence-electron chi connectivity index (χ1n) is 6.12. The van der Waals surface area contributed by atoms with Crippen LogP contribution >= 0.6 is 0 Å². The molecule has 2 rings (SSSR count). The lowest BCUT2D eigenvalue weighted by Gasteiger charge is -2.10. The SMILES string of the molecule is CC(C)n1cncc1C=C(C(=O)O)c1ccccc1. The average molecular weight is 256 g/mol. The first-order valence-corrected chi connectivity index (χ1v) is 6.12. The molecule has 0 amide bonds. The molecule has 1 aromatic carbocycles. The van der Waals surface area contributed by atoms with Gasteiger partial charge in [0.1, 0.15) is 0 Å². The predicted molar refractivity (Wildman–Crippen MR) is 74.6 cm³/mol. The van der Waals surface area contributed by atoms with E-state index in [-0.39, 0.29) is 11.6 Å². The smallest absolute Gasteiger partial charge is 0.336 e. The van der Waals surface area contributed by atoms with Gasteiger partial charge in [-0.05, 0) is 25.5 Å². The number of imidazole rings is 1. The molecule has 0 saturated carbocycles. The van der Waals surface area contributed by atoms with Gasteiger partial charge in [-0.3, -0.25) is 0 Å². The van der Waals surface area contributed by atoms with Crippen molar-refractivity contribution in [2.24, 2.45) is 0 Å². The lowest BCUT2D eigenvalue weighted by atomic mass is 10.1. The average Bonchev–Trinajstić information content (AvgIpc) is 2.85. The summed E-state index contributed by atoms with van der Waals surface area (Å²) in [4.78, 5) is 15.5. The van der Waals surface area contributed by atoms with Crippen molar-refractivity contribution in [3.63, 3.8) is 0 Å². The summed E-state index contributed by atoms with van der Waals surface area (Å²) in [5, 5.41) is 9.36. The number of carboxylic acids is 1. The van der Waals surface area contributed by atoms with Gasteiger partial charge in [-0.1, -0.05) is 30.3 Å². The van der Waals surface area contributed by atoms with E-state index in [1.807, 2.05) is 36.6 Å². The zero-order valence-electron chi connectivity index (χ0n) is 10.9. The minimum atomic E-state index is -0.942. The van der Waals surface area contributed by atoms with E-state index >= 15 is 0 Å². The van der Waals surface area contributed by atoms with Crippen LogP contribution in [0.2, 0.25) is 0 Å².